The predicted molar refractivity (Wildman–Crippen MR) is 60.3 cm³/mol. The van der Waals surface area contributed by atoms with Crippen molar-refractivity contribution in [3.05, 3.63) is 29.3 Å². The standard InChI is InChI=1S/C12H15ClO2/c1-12(2)10(14)7-11(12)15-9-5-3-8(13)4-6-9/h3-6,10-11,14H,7H2,1-2H3. The highest BCUT2D eigenvalue weighted by molar-refractivity contribution is 6.30. The molecule has 2 unspecified atom stereocenters. The van der Waals surface area contributed by atoms with Crippen LogP contribution in [0.1, 0.15) is 20.3 Å². The van der Waals surface area contributed by atoms with E-state index >= 15 is 0 Å². The summed E-state index contributed by atoms with van der Waals surface area (Å²) in [6.45, 7) is 4.03. The molecule has 1 aromatic rings. The van der Waals surface area contributed by atoms with E-state index in [2.05, 4.69) is 0 Å². The molecule has 1 aliphatic rings. The van der Waals surface area contributed by atoms with Gasteiger partial charge in [-0.05, 0) is 24.3 Å². The first-order valence-electron chi connectivity index (χ1n) is 5.10. The highest BCUT2D eigenvalue weighted by atomic mass is 35.5. The summed E-state index contributed by atoms with van der Waals surface area (Å²) in [5, 5.41) is 10.3. The molecular formula is C12H15ClO2. The van der Waals surface area contributed by atoms with Crippen LogP contribution in [0.5, 0.6) is 5.75 Å². The Balaban J connectivity index is 2.02. The minimum Gasteiger partial charge on any atom is -0.490 e. The number of aliphatic hydroxyl groups excluding tert-OH is 1. The number of hydrogen-bond acceptors (Lipinski definition) is 2. The van der Waals surface area contributed by atoms with E-state index in [1.807, 2.05) is 26.0 Å². The normalized spacial score (nSPS) is 28.3. The van der Waals surface area contributed by atoms with Crippen molar-refractivity contribution in [1.29, 1.82) is 0 Å². The van der Waals surface area contributed by atoms with Crippen LogP contribution in [0.2, 0.25) is 5.02 Å². The lowest BCUT2D eigenvalue weighted by molar-refractivity contribution is -0.134. The third kappa shape index (κ3) is 1.97. The smallest absolute Gasteiger partial charge is 0.119 e. The van der Waals surface area contributed by atoms with Gasteiger partial charge in [-0.25, -0.2) is 0 Å². The van der Waals surface area contributed by atoms with E-state index < -0.39 is 0 Å². The topological polar surface area (TPSA) is 29.5 Å². The van der Waals surface area contributed by atoms with Gasteiger partial charge in [-0.3, -0.25) is 0 Å². The van der Waals surface area contributed by atoms with E-state index in [0.29, 0.717) is 11.4 Å². The summed E-state index contributed by atoms with van der Waals surface area (Å²) < 4.78 is 5.77. The van der Waals surface area contributed by atoms with Crippen molar-refractivity contribution in [2.45, 2.75) is 32.5 Å². The maximum absolute atomic E-state index is 9.57. The minimum absolute atomic E-state index is 0.0914. The fourth-order valence-corrected chi connectivity index (χ4v) is 1.87. The zero-order valence-electron chi connectivity index (χ0n) is 8.90. The Morgan fingerprint density at radius 1 is 1.33 bits per heavy atom. The Morgan fingerprint density at radius 3 is 2.40 bits per heavy atom. The molecule has 1 N–H and O–H groups in total. The van der Waals surface area contributed by atoms with Crippen LogP contribution in [0.4, 0.5) is 0 Å². The summed E-state index contributed by atoms with van der Waals surface area (Å²) in [6.07, 6.45) is 0.541. The van der Waals surface area contributed by atoms with Crippen LogP contribution < -0.4 is 4.74 Å². The second-order valence-corrected chi connectivity index (χ2v) is 5.07. The molecule has 15 heavy (non-hydrogen) atoms. The van der Waals surface area contributed by atoms with Crippen molar-refractivity contribution in [2.24, 2.45) is 5.41 Å². The number of aliphatic hydroxyl groups is 1. The fourth-order valence-electron chi connectivity index (χ4n) is 1.74. The van der Waals surface area contributed by atoms with E-state index in [1.54, 1.807) is 12.1 Å². The highest BCUT2D eigenvalue weighted by Gasteiger charge is 2.49. The zero-order valence-corrected chi connectivity index (χ0v) is 9.66. The third-order valence-corrected chi connectivity index (χ3v) is 3.47. The van der Waals surface area contributed by atoms with Crippen molar-refractivity contribution in [1.82, 2.24) is 0 Å². The fraction of sp³-hybridized carbons (Fsp3) is 0.500. The number of halogens is 1. The Kier molecular flexibility index (Phi) is 2.65. The Hall–Kier alpha value is -0.730. The molecule has 0 spiro atoms. The first-order valence-corrected chi connectivity index (χ1v) is 5.48. The maximum atomic E-state index is 9.57. The molecule has 1 aromatic carbocycles. The van der Waals surface area contributed by atoms with Crippen LogP contribution in [0.25, 0.3) is 0 Å². The third-order valence-electron chi connectivity index (χ3n) is 3.22. The number of rotatable bonds is 2. The summed E-state index contributed by atoms with van der Waals surface area (Å²) >= 11 is 5.78. The van der Waals surface area contributed by atoms with Crippen molar-refractivity contribution in [3.8, 4) is 5.75 Å². The van der Waals surface area contributed by atoms with Crippen LogP contribution in [-0.4, -0.2) is 17.3 Å². The van der Waals surface area contributed by atoms with Gasteiger partial charge in [0.1, 0.15) is 11.9 Å². The van der Waals surface area contributed by atoms with E-state index in [-0.39, 0.29) is 17.6 Å². The first-order chi connectivity index (χ1) is 7.00. The molecule has 0 heterocycles. The van der Waals surface area contributed by atoms with E-state index in [0.717, 1.165) is 5.75 Å². The van der Waals surface area contributed by atoms with Gasteiger partial charge in [-0.2, -0.15) is 0 Å². The quantitative estimate of drug-likeness (QED) is 0.841. The lowest BCUT2D eigenvalue weighted by Gasteiger charge is -2.48. The summed E-state index contributed by atoms with van der Waals surface area (Å²) in [6, 6.07) is 7.31. The van der Waals surface area contributed by atoms with Gasteiger partial charge in [-0.1, -0.05) is 25.4 Å². The van der Waals surface area contributed by atoms with Gasteiger partial charge >= 0.3 is 0 Å². The molecule has 1 fully saturated rings. The molecule has 1 saturated carbocycles. The largest absolute Gasteiger partial charge is 0.490 e. The molecule has 2 atom stereocenters. The average Bonchev–Trinajstić information content (AvgIpc) is 2.21. The Bertz CT molecular complexity index is 345. The Labute approximate surface area is 94.8 Å². The monoisotopic (exact) mass is 226 g/mol. The molecule has 2 rings (SSSR count). The van der Waals surface area contributed by atoms with Gasteiger partial charge in [-0.15, -0.1) is 0 Å². The van der Waals surface area contributed by atoms with Gasteiger partial charge in [0, 0.05) is 16.9 Å². The summed E-state index contributed by atoms with van der Waals surface area (Å²) in [5.74, 6) is 0.810. The molecule has 0 saturated heterocycles. The van der Waals surface area contributed by atoms with Crippen LogP contribution in [0.3, 0.4) is 0 Å². The lowest BCUT2D eigenvalue weighted by Crippen LogP contribution is -2.56. The summed E-state index contributed by atoms with van der Waals surface area (Å²) in [4.78, 5) is 0. The van der Waals surface area contributed by atoms with Crippen molar-refractivity contribution in [2.75, 3.05) is 0 Å². The zero-order chi connectivity index (χ0) is 11.1. The van der Waals surface area contributed by atoms with E-state index in [4.69, 9.17) is 16.3 Å². The molecule has 0 radical (unpaired) electrons. The number of ether oxygens (including phenoxy) is 1. The van der Waals surface area contributed by atoms with Crippen molar-refractivity contribution in [3.63, 3.8) is 0 Å². The van der Waals surface area contributed by atoms with Gasteiger partial charge in [0.15, 0.2) is 0 Å². The number of benzene rings is 1. The van der Waals surface area contributed by atoms with Crippen LogP contribution >= 0.6 is 11.6 Å². The minimum atomic E-state index is -0.255. The second kappa shape index (κ2) is 3.69. The van der Waals surface area contributed by atoms with Gasteiger partial charge < -0.3 is 9.84 Å². The molecule has 0 aromatic heterocycles. The van der Waals surface area contributed by atoms with E-state index in [1.165, 1.54) is 0 Å². The molecule has 1 aliphatic carbocycles. The maximum Gasteiger partial charge on any atom is 0.119 e. The van der Waals surface area contributed by atoms with Crippen LogP contribution in [0.15, 0.2) is 24.3 Å². The SMILES string of the molecule is CC1(C)C(O)CC1Oc1ccc(Cl)cc1. The van der Waals surface area contributed by atoms with Crippen LogP contribution in [-0.2, 0) is 0 Å². The lowest BCUT2D eigenvalue weighted by atomic mass is 9.66. The summed E-state index contributed by atoms with van der Waals surface area (Å²) in [7, 11) is 0. The van der Waals surface area contributed by atoms with Crippen molar-refractivity contribution >= 4 is 11.6 Å². The number of hydrogen-bond donors (Lipinski definition) is 1. The van der Waals surface area contributed by atoms with Crippen LogP contribution in [0, 0.1) is 5.41 Å². The molecule has 0 bridgehead atoms. The van der Waals surface area contributed by atoms with Gasteiger partial charge in [0.2, 0.25) is 0 Å². The summed E-state index contributed by atoms with van der Waals surface area (Å²) in [5.41, 5.74) is -0.153. The van der Waals surface area contributed by atoms with Gasteiger partial charge in [0.25, 0.3) is 0 Å². The molecule has 82 valence electrons. The second-order valence-electron chi connectivity index (χ2n) is 4.63. The van der Waals surface area contributed by atoms with Crippen molar-refractivity contribution < 1.29 is 9.84 Å². The Morgan fingerprint density at radius 2 is 1.93 bits per heavy atom. The van der Waals surface area contributed by atoms with Gasteiger partial charge in [0.05, 0.1) is 6.10 Å². The predicted octanol–water partition coefficient (Wildman–Crippen LogP) is 2.88. The molecular weight excluding hydrogens is 212 g/mol. The molecule has 0 amide bonds. The molecule has 2 nitrogen and oxygen atoms in total. The average molecular weight is 227 g/mol. The van der Waals surface area contributed by atoms with E-state index in [9.17, 15) is 5.11 Å². The molecule has 3 heteroatoms. The molecule has 0 aliphatic heterocycles. The first kappa shape index (κ1) is 10.8. The highest BCUT2D eigenvalue weighted by Crippen LogP contribution is 2.42.